The first-order valence-electron chi connectivity index (χ1n) is 15.4. The van der Waals surface area contributed by atoms with Gasteiger partial charge in [-0.1, -0.05) is 0 Å². The van der Waals surface area contributed by atoms with Gasteiger partial charge in [0, 0.05) is 12.1 Å². The molecular weight excluding hydrogens is 935 g/mol. The second-order valence-electron chi connectivity index (χ2n) is 11.5. The van der Waals surface area contributed by atoms with Crippen LogP contribution < -0.4 is 15.2 Å². The quantitative estimate of drug-likeness (QED) is 0.0474. The Morgan fingerprint density at radius 2 is 1.07 bits per heavy atom. The zero-order valence-electron chi connectivity index (χ0n) is 30.0. The van der Waals surface area contributed by atoms with Crippen LogP contribution in [0, 0.1) is 0 Å². The highest BCUT2D eigenvalue weighted by atomic mass is 32.3. The van der Waals surface area contributed by atoms with Crippen LogP contribution in [0.2, 0.25) is 0 Å². The third-order valence-electron chi connectivity index (χ3n) is 7.56. The molecule has 7 N–H and O–H groups in total. The zero-order chi connectivity index (χ0) is 45.2. The van der Waals surface area contributed by atoms with Crippen molar-refractivity contribution in [2.24, 2.45) is 20.5 Å². The number of nitrogens with zero attached hydrogens (tertiary/aromatic N) is 4. The van der Waals surface area contributed by atoms with Gasteiger partial charge in [0.1, 0.15) is 43.2 Å². The van der Waals surface area contributed by atoms with Gasteiger partial charge in [-0.3, -0.25) is 18.2 Å². The molecule has 32 heteroatoms. The van der Waals surface area contributed by atoms with Crippen molar-refractivity contribution in [3.05, 3.63) is 48.5 Å². The van der Waals surface area contributed by atoms with Crippen LogP contribution in [-0.2, 0) is 69.1 Å². The summed E-state index contributed by atoms with van der Waals surface area (Å²) in [6.45, 7) is -1.93. The number of ether oxygens (including phenoxy) is 2. The number of hydrogen-bond donors (Lipinski definition) is 6. The predicted molar refractivity (Wildman–Crippen MR) is 203 cm³/mol. The monoisotopic (exact) mass is 963 g/mol. The fraction of sp³-hybridized carbons (Fsp3) is 0.214. The number of benzene rings is 4. The Balaban J connectivity index is 1.85. The molecule has 0 bridgehead atoms. The number of methoxy groups -OCH3 is 2. The Morgan fingerprint density at radius 3 is 1.55 bits per heavy atom. The standard InChI is InChI=1S/C28H29N5O21S6/c1-51-19-14-21(56(37,38)10-8-54-60(48,49)50)20(52-2)13-18(19)31-32-26-22(57(39,40)41)11-15-12-23(58(42,43)44)27(28(34)24(15)25(26)29)33-30-16-3-5-17(6-4-16)55(35,36)9-7-53-59(45,46)47/h3-6,11-14,34H,7-10,29H2,1-2H3,(H,39,40,41)(H,42,43,44)(H,45,46,47)(H,48,49,50)/b32-31+,33-30+. The molecule has 328 valence electrons. The van der Waals surface area contributed by atoms with E-state index in [-0.39, 0.29) is 22.0 Å². The van der Waals surface area contributed by atoms with E-state index in [0.29, 0.717) is 12.1 Å². The van der Waals surface area contributed by atoms with Crippen LogP contribution in [0.25, 0.3) is 10.8 Å². The molecule has 0 heterocycles. The number of nitrogen functional groups attached to an aromatic ring is 1. The second kappa shape index (κ2) is 17.5. The van der Waals surface area contributed by atoms with Gasteiger partial charge >= 0.3 is 20.8 Å². The first-order chi connectivity index (χ1) is 27.5. The van der Waals surface area contributed by atoms with Crippen molar-refractivity contribution in [1.29, 1.82) is 0 Å². The summed E-state index contributed by atoms with van der Waals surface area (Å²) in [6.07, 6.45) is 0. The number of hydrogen-bond acceptors (Lipinski definition) is 22. The van der Waals surface area contributed by atoms with Crippen LogP contribution in [0.15, 0.2) is 88.6 Å². The van der Waals surface area contributed by atoms with Crippen LogP contribution >= 0.6 is 0 Å². The lowest BCUT2D eigenvalue weighted by Crippen LogP contribution is -2.16. The molecule has 0 fully saturated rings. The molecule has 0 aromatic heterocycles. The third kappa shape index (κ3) is 11.6. The maximum atomic E-state index is 13.0. The minimum atomic E-state index is -5.33. The molecule has 0 saturated carbocycles. The Bertz CT molecular complexity index is 3100. The van der Waals surface area contributed by atoms with E-state index >= 15 is 0 Å². The summed E-state index contributed by atoms with van der Waals surface area (Å²) in [5.41, 5.74) is 2.94. The lowest BCUT2D eigenvalue weighted by Gasteiger charge is -2.15. The smallest absolute Gasteiger partial charge is 0.397 e. The molecule has 4 aromatic carbocycles. The molecule has 0 unspecified atom stereocenters. The summed E-state index contributed by atoms with van der Waals surface area (Å²) in [7, 11) is -27.1. The number of sulfone groups is 2. The van der Waals surface area contributed by atoms with Crippen molar-refractivity contribution in [2.75, 3.05) is 44.7 Å². The Labute approximate surface area is 340 Å². The number of fused-ring (bicyclic) bond motifs is 1. The molecule has 0 saturated heterocycles. The van der Waals surface area contributed by atoms with Crippen molar-refractivity contribution in [1.82, 2.24) is 0 Å². The van der Waals surface area contributed by atoms with E-state index in [0.717, 1.165) is 50.6 Å². The summed E-state index contributed by atoms with van der Waals surface area (Å²) < 4.78 is 200. The van der Waals surface area contributed by atoms with E-state index in [1.54, 1.807) is 0 Å². The van der Waals surface area contributed by atoms with E-state index in [9.17, 15) is 64.7 Å². The topological polar surface area (TPSA) is 418 Å². The molecule has 60 heavy (non-hydrogen) atoms. The second-order valence-corrected chi connectivity index (χ2v) is 20.6. The van der Waals surface area contributed by atoms with Crippen molar-refractivity contribution in [3.63, 3.8) is 0 Å². The van der Waals surface area contributed by atoms with Crippen LogP contribution in [0.3, 0.4) is 0 Å². The van der Waals surface area contributed by atoms with Crippen LogP contribution in [0.4, 0.5) is 28.4 Å². The minimum Gasteiger partial charge on any atom is -0.505 e. The Kier molecular flexibility index (Phi) is 13.9. The molecule has 0 aliphatic heterocycles. The number of azo groups is 2. The van der Waals surface area contributed by atoms with E-state index in [1.807, 2.05) is 0 Å². The van der Waals surface area contributed by atoms with E-state index in [2.05, 4.69) is 28.8 Å². The van der Waals surface area contributed by atoms with Gasteiger partial charge in [0.05, 0.1) is 60.6 Å². The highest BCUT2D eigenvalue weighted by Gasteiger charge is 2.29. The lowest BCUT2D eigenvalue weighted by molar-refractivity contribution is 0.282. The summed E-state index contributed by atoms with van der Waals surface area (Å²) in [5.74, 6) is -3.84. The van der Waals surface area contributed by atoms with Crippen LogP contribution in [0.1, 0.15) is 0 Å². The zero-order valence-corrected chi connectivity index (χ0v) is 34.9. The molecule has 4 rings (SSSR count). The number of anilines is 1. The van der Waals surface area contributed by atoms with Gasteiger partial charge in [0.15, 0.2) is 25.4 Å². The van der Waals surface area contributed by atoms with E-state index in [4.69, 9.17) is 24.3 Å². The molecule has 0 spiro atoms. The first kappa shape index (κ1) is 47.7. The minimum absolute atomic E-state index is 0.192. The normalized spacial score (nSPS) is 13.4. The maximum Gasteiger partial charge on any atom is 0.397 e. The van der Waals surface area contributed by atoms with E-state index in [1.165, 1.54) is 0 Å². The van der Waals surface area contributed by atoms with Gasteiger partial charge in [-0.25, -0.2) is 25.2 Å². The fourth-order valence-corrected chi connectivity index (χ4v) is 9.41. The van der Waals surface area contributed by atoms with Gasteiger partial charge in [0.2, 0.25) is 0 Å². The number of phenolic OH excluding ortho intramolecular Hbond substituents is 1. The number of nitrogens with two attached hydrogens (primary N) is 1. The van der Waals surface area contributed by atoms with Gasteiger partial charge < -0.3 is 20.3 Å². The molecular formula is C28H29N5O21S6. The van der Waals surface area contributed by atoms with Crippen molar-refractivity contribution in [2.45, 2.75) is 19.6 Å². The average molecular weight is 964 g/mol. The van der Waals surface area contributed by atoms with Crippen molar-refractivity contribution >= 4 is 99.9 Å². The van der Waals surface area contributed by atoms with Gasteiger partial charge in [-0.2, -0.15) is 38.8 Å². The predicted octanol–water partition coefficient (Wildman–Crippen LogP) is 2.66. The van der Waals surface area contributed by atoms with Gasteiger partial charge in [-0.05, 0) is 41.8 Å². The van der Waals surface area contributed by atoms with Gasteiger partial charge in [-0.15, -0.1) is 15.3 Å². The largest absolute Gasteiger partial charge is 0.505 e. The molecule has 0 aliphatic rings. The summed E-state index contributed by atoms with van der Waals surface area (Å²) in [4.78, 5) is -3.26. The fourth-order valence-electron chi connectivity index (χ4n) is 4.94. The van der Waals surface area contributed by atoms with Crippen molar-refractivity contribution in [3.8, 4) is 17.2 Å². The lowest BCUT2D eigenvalue weighted by atomic mass is 10.1. The van der Waals surface area contributed by atoms with Crippen LogP contribution in [-0.4, -0.2) is 113 Å². The molecule has 4 aromatic rings. The SMILES string of the molecule is COc1cc(S(=O)(=O)CCOS(=O)(=O)O)c(OC)cc1/N=N/c1c(S(=O)(=O)O)cc2cc(S(=O)(=O)O)c(/N=N/c3ccc(S(=O)(=O)CCOS(=O)(=O)O)cc3)c(O)c2c1N. The van der Waals surface area contributed by atoms with Crippen molar-refractivity contribution < 1.29 is 91.7 Å². The molecule has 26 nitrogen and oxygen atoms in total. The summed E-state index contributed by atoms with van der Waals surface area (Å²) in [5, 5.41) is 25.2. The maximum absolute atomic E-state index is 13.0. The van der Waals surface area contributed by atoms with Gasteiger partial charge in [0.25, 0.3) is 20.2 Å². The molecule has 0 atom stereocenters. The number of rotatable bonds is 18. The highest BCUT2D eigenvalue weighted by Crippen LogP contribution is 2.49. The Morgan fingerprint density at radius 1 is 0.583 bits per heavy atom. The molecule has 0 aliphatic carbocycles. The van der Waals surface area contributed by atoms with Crippen LogP contribution in [0.5, 0.6) is 17.2 Å². The average Bonchev–Trinajstić information content (AvgIpc) is 3.11. The third-order valence-corrected chi connectivity index (χ3v) is 13.6. The highest BCUT2D eigenvalue weighted by molar-refractivity contribution is 7.92. The number of aromatic hydroxyl groups is 1. The van der Waals surface area contributed by atoms with E-state index < -0.39 is 139 Å². The number of phenols is 1. The molecule has 0 radical (unpaired) electrons. The first-order valence-corrected chi connectivity index (χ1v) is 24.4. The Hall–Kier alpha value is -5.00. The summed E-state index contributed by atoms with van der Waals surface area (Å²) >= 11 is 0. The summed E-state index contributed by atoms with van der Waals surface area (Å²) in [6, 6.07) is 7.02. The molecule has 0 amide bonds.